The van der Waals surface area contributed by atoms with E-state index in [4.69, 9.17) is 5.73 Å². The van der Waals surface area contributed by atoms with Crippen molar-refractivity contribution in [3.05, 3.63) is 18.2 Å². The van der Waals surface area contributed by atoms with Crippen LogP contribution in [0.4, 0.5) is 11.4 Å². The number of nitrogens with two attached hydrogens (primary N) is 1. The number of benzene rings is 1. The molecule has 0 radical (unpaired) electrons. The van der Waals surface area contributed by atoms with E-state index in [0.29, 0.717) is 17.9 Å². The number of nitrogen functional groups attached to an aromatic ring is 1. The molecular weight excluding hydrogens is 280 g/mol. The number of sulfonamides is 1. The number of hydrogen-bond donors (Lipinski definition) is 4. The molecule has 1 aromatic rings. The van der Waals surface area contributed by atoms with E-state index in [0.717, 1.165) is 0 Å². The van der Waals surface area contributed by atoms with E-state index in [1.54, 1.807) is 13.8 Å². The highest BCUT2D eigenvalue weighted by Crippen LogP contribution is 2.23. The Kier molecular flexibility index (Phi) is 5.34. The van der Waals surface area contributed by atoms with Crippen LogP contribution in [-0.4, -0.2) is 34.0 Å². The summed E-state index contributed by atoms with van der Waals surface area (Å²) < 4.78 is 26.2. The van der Waals surface area contributed by atoms with Crippen molar-refractivity contribution in [2.24, 2.45) is 0 Å². The van der Waals surface area contributed by atoms with Gasteiger partial charge >= 0.3 is 0 Å². The molecule has 0 aliphatic rings. The van der Waals surface area contributed by atoms with E-state index < -0.39 is 16.1 Å². The van der Waals surface area contributed by atoms with E-state index in [1.807, 2.05) is 0 Å². The second-order valence-corrected chi connectivity index (χ2v) is 6.00. The Morgan fingerprint density at radius 3 is 2.60 bits per heavy atom. The molecule has 0 spiro atoms. The third-order valence-electron chi connectivity index (χ3n) is 2.68. The molecule has 0 fully saturated rings. The summed E-state index contributed by atoms with van der Waals surface area (Å²) in [6, 6.07) is 3.79. The van der Waals surface area contributed by atoms with Gasteiger partial charge < -0.3 is 16.4 Å². The number of nitrogens with one attached hydrogen (secondary N) is 3. The summed E-state index contributed by atoms with van der Waals surface area (Å²) in [4.78, 5) is 11.6. The molecule has 0 aliphatic carbocycles. The zero-order valence-electron chi connectivity index (χ0n) is 11.7. The number of hydrogen-bond acceptors (Lipinski definition) is 5. The molecule has 0 saturated heterocycles. The Morgan fingerprint density at radius 1 is 1.40 bits per heavy atom. The number of likely N-dealkylation sites (N-methyl/N-ethyl adjacent to an activating group) is 1. The van der Waals surface area contributed by atoms with Gasteiger partial charge in [0, 0.05) is 13.6 Å². The van der Waals surface area contributed by atoms with Crippen LogP contribution in [0.3, 0.4) is 0 Å². The van der Waals surface area contributed by atoms with E-state index >= 15 is 0 Å². The molecule has 0 aliphatic heterocycles. The van der Waals surface area contributed by atoms with Crippen molar-refractivity contribution in [1.82, 2.24) is 10.0 Å². The van der Waals surface area contributed by atoms with Crippen molar-refractivity contribution in [2.45, 2.75) is 24.8 Å². The highest BCUT2D eigenvalue weighted by atomic mass is 32.2. The Labute approximate surface area is 119 Å². The lowest BCUT2D eigenvalue weighted by molar-refractivity contribution is -0.121. The van der Waals surface area contributed by atoms with Gasteiger partial charge in [0.15, 0.2) is 0 Å². The topological polar surface area (TPSA) is 113 Å². The minimum atomic E-state index is -3.56. The summed E-state index contributed by atoms with van der Waals surface area (Å²) >= 11 is 0. The predicted octanol–water partition coefficient (Wildman–Crippen LogP) is 0.113. The van der Waals surface area contributed by atoms with E-state index in [-0.39, 0.29) is 10.8 Å². The van der Waals surface area contributed by atoms with E-state index in [2.05, 4.69) is 15.4 Å². The average molecular weight is 300 g/mol. The predicted molar refractivity (Wildman–Crippen MR) is 78.9 cm³/mol. The maximum absolute atomic E-state index is 11.9. The van der Waals surface area contributed by atoms with Gasteiger partial charge in [0.25, 0.3) is 0 Å². The zero-order chi connectivity index (χ0) is 15.3. The van der Waals surface area contributed by atoms with Crippen LogP contribution >= 0.6 is 0 Å². The van der Waals surface area contributed by atoms with Crippen molar-refractivity contribution in [3.8, 4) is 0 Å². The van der Waals surface area contributed by atoms with E-state index in [1.165, 1.54) is 25.2 Å². The van der Waals surface area contributed by atoms with Gasteiger partial charge in [-0.05, 0) is 25.1 Å². The maximum atomic E-state index is 11.9. The summed E-state index contributed by atoms with van der Waals surface area (Å²) in [5, 5.41) is 5.38. The summed E-state index contributed by atoms with van der Waals surface area (Å²) in [5.74, 6) is -0.218. The molecule has 1 unspecified atom stereocenters. The fraction of sp³-hybridized carbons (Fsp3) is 0.417. The Morgan fingerprint density at radius 2 is 2.05 bits per heavy atom. The number of amides is 1. The number of anilines is 2. The van der Waals surface area contributed by atoms with Crippen LogP contribution < -0.4 is 21.1 Å². The number of carbonyl (C=O) groups is 1. The standard InChI is InChI=1S/C12H20N4O3S/c1-4-15-20(18,19)9-5-6-10(13)11(7-9)16-8(2)12(17)14-3/h5-8,15-16H,4,13H2,1-3H3,(H,14,17). The van der Waals surface area contributed by atoms with Crippen LogP contribution in [0, 0.1) is 0 Å². The minimum absolute atomic E-state index is 0.0974. The Bertz CT molecular complexity index is 586. The highest BCUT2D eigenvalue weighted by Gasteiger charge is 2.17. The first-order chi connectivity index (χ1) is 9.31. The first kappa shape index (κ1) is 16.3. The van der Waals surface area contributed by atoms with Gasteiger partial charge in [0.1, 0.15) is 6.04 Å². The van der Waals surface area contributed by atoms with Crippen LogP contribution in [0.5, 0.6) is 0 Å². The fourth-order valence-electron chi connectivity index (χ4n) is 1.62. The van der Waals surface area contributed by atoms with Crippen LogP contribution in [0.25, 0.3) is 0 Å². The maximum Gasteiger partial charge on any atom is 0.241 e. The summed E-state index contributed by atoms with van der Waals surface area (Å²) in [6.07, 6.45) is 0. The first-order valence-electron chi connectivity index (χ1n) is 6.19. The van der Waals surface area contributed by atoms with Gasteiger partial charge in [-0.25, -0.2) is 13.1 Å². The molecule has 0 heterocycles. The van der Waals surface area contributed by atoms with Crippen molar-refractivity contribution in [1.29, 1.82) is 0 Å². The van der Waals surface area contributed by atoms with Crippen LogP contribution in [-0.2, 0) is 14.8 Å². The van der Waals surface area contributed by atoms with Crippen LogP contribution in [0.1, 0.15) is 13.8 Å². The zero-order valence-corrected chi connectivity index (χ0v) is 12.5. The monoisotopic (exact) mass is 300 g/mol. The van der Waals surface area contributed by atoms with Gasteiger partial charge in [-0.1, -0.05) is 6.92 Å². The Balaban J connectivity index is 3.07. The molecule has 0 aromatic heterocycles. The second kappa shape index (κ2) is 6.58. The fourth-order valence-corrected chi connectivity index (χ4v) is 2.68. The largest absolute Gasteiger partial charge is 0.397 e. The number of rotatable bonds is 6. The van der Waals surface area contributed by atoms with Crippen molar-refractivity contribution < 1.29 is 13.2 Å². The summed E-state index contributed by atoms with van der Waals surface area (Å²) in [6.45, 7) is 3.65. The molecule has 5 N–H and O–H groups in total. The van der Waals surface area contributed by atoms with Crippen molar-refractivity contribution >= 4 is 27.3 Å². The molecule has 20 heavy (non-hydrogen) atoms. The molecule has 112 valence electrons. The van der Waals surface area contributed by atoms with Gasteiger partial charge in [-0.15, -0.1) is 0 Å². The van der Waals surface area contributed by atoms with Gasteiger partial charge in [-0.3, -0.25) is 4.79 Å². The average Bonchev–Trinajstić information content (AvgIpc) is 2.39. The molecule has 1 atom stereocenters. The molecule has 0 saturated carbocycles. The molecule has 0 bridgehead atoms. The highest BCUT2D eigenvalue weighted by molar-refractivity contribution is 7.89. The SMILES string of the molecule is CCNS(=O)(=O)c1ccc(N)c(NC(C)C(=O)NC)c1. The van der Waals surface area contributed by atoms with Gasteiger partial charge in [-0.2, -0.15) is 0 Å². The van der Waals surface area contributed by atoms with Crippen LogP contribution in [0.2, 0.25) is 0 Å². The molecule has 1 rings (SSSR count). The number of carbonyl (C=O) groups excluding carboxylic acids is 1. The Hall–Kier alpha value is -1.80. The lowest BCUT2D eigenvalue weighted by atomic mass is 10.2. The summed E-state index contributed by atoms with van der Waals surface area (Å²) in [7, 11) is -2.03. The molecule has 7 nitrogen and oxygen atoms in total. The second-order valence-electron chi connectivity index (χ2n) is 4.23. The third kappa shape index (κ3) is 3.84. The molecular formula is C12H20N4O3S. The normalized spacial score (nSPS) is 12.8. The van der Waals surface area contributed by atoms with Crippen molar-refractivity contribution in [3.63, 3.8) is 0 Å². The molecule has 1 amide bonds. The molecule has 1 aromatic carbocycles. The quantitative estimate of drug-likeness (QED) is 0.557. The third-order valence-corrected chi connectivity index (χ3v) is 4.22. The van der Waals surface area contributed by atoms with Crippen LogP contribution in [0.15, 0.2) is 23.1 Å². The van der Waals surface area contributed by atoms with Gasteiger partial charge in [0.05, 0.1) is 16.3 Å². The smallest absolute Gasteiger partial charge is 0.241 e. The minimum Gasteiger partial charge on any atom is -0.397 e. The van der Waals surface area contributed by atoms with Gasteiger partial charge in [0.2, 0.25) is 15.9 Å². The van der Waals surface area contributed by atoms with Crippen molar-refractivity contribution in [2.75, 3.05) is 24.6 Å². The summed E-state index contributed by atoms with van der Waals surface area (Å²) in [5.41, 5.74) is 6.56. The first-order valence-corrected chi connectivity index (χ1v) is 7.67. The lowest BCUT2D eigenvalue weighted by Gasteiger charge is -2.16. The van der Waals surface area contributed by atoms with E-state index in [9.17, 15) is 13.2 Å². The lowest BCUT2D eigenvalue weighted by Crippen LogP contribution is -2.35. The molecule has 8 heteroatoms.